The Labute approximate surface area is 182 Å². The van der Waals surface area contributed by atoms with E-state index in [1.807, 2.05) is 48.5 Å². The van der Waals surface area contributed by atoms with Gasteiger partial charge in [0.15, 0.2) is 0 Å². The van der Waals surface area contributed by atoms with Crippen LogP contribution in [0.3, 0.4) is 0 Å². The van der Waals surface area contributed by atoms with Crippen LogP contribution in [0.5, 0.6) is 5.75 Å². The number of anilines is 1. The Morgan fingerprint density at radius 3 is 2.00 bits per heavy atom. The number of benzene rings is 2. The number of ether oxygens (including phenoxy) is 3. The van der Waals surface area contributed by atoms with E-state index in [-0.39, 0.29) is 6.61 Å². The number of hydrogen-bond donors (Lipinski definition) is 2. The molecule has 0 saturated heterocycles. The van der Waals surface area contributed by atoms with Gasteiger partial charge < -0.3 is 19.3 Å². The summed E-state index contributed by atoms with van der Waals surface area (Å²) in [5.74, 6) is 0.584. The van der Waals surface area contributed by atoms with Gasteiger partial charge in [0.2, 0.25) is 0 Å². The summed E-state index contributed by atoms with van der Waals surface area (Å²) >= 11 is 0. The summed E-state index contributed by atoms with van der Waals surface area (Å²) in [6.45, 7) is 0.621. The van der Waals surface area contributed by atoms with Crippen LogP contribution in [0.4, 0.5) is 10.5 Å². The molecule has 7 nitrogen and oxygen atoms in total. The summed E-state index contributed by atoms with van der Waals surface area (Å²) in [4.78, 5) is 22.6. The number of carboxylic acid groups (broad SMARTS) is 1. The molecule has 31 heavy (non-hydrogen) atoms. The third-order valence-electron chi connectivity index (χ3n) is 5.55. The van der Waals surface area contributed by atoms with Crippen LogP contribution in [0.25, 0.3) is 11.1 Å². The van der Waals surface area contributed by atoms with Gasteiger partial charge in [-0.1, -0.05) is 24.3 Å². The lowest BCUT2D eigenvalue weighted by Crippen LogP contribution is -2.25. The smallest absolute Gasteiger partial charge is 0.411 e. The predicted molar refractivity (Wildman–Crippen MR) is 117 cm³/mol. The molecule has 1 amide bonds. The first kappa shape index (κ1) is 22.6. The van der Waals surface area contributed by atoms with Crippen molar-refractivity contribution in [2.75, 3.05) is 32.2 Å². The summed E-state index contributed by atoms with van der Waals surface area (Å²) < 4.78 is 15.8. The van der Waals surface area contributed by atoms with Crippen LogP contribution < -0.4 is 10.1 Å². The van der Waals surface area contributed by atoms with E-state index in [2.05, 4.69) is 5.32 Å². The lowest BCUT2D eigenvalue weighted by atomic mass is 9.83. The van der Waals surface area contributed by atoms with Crippen LogP contribution in [0.2, 0.25) is 0 Å². The maximum absolute atomic E-state index is 12.1. The highest BCUT2D eigenvalue weighted by Crippen LogP contribution is 2.29. The Hall–Kier alpha value is -3.06. The average molecular weight is 427 g/mol. The molecule has 2 aromatic rings. The fourth-order valence-electron chi connectivity index (χ4n) is 3.75. The molecule has 1 saturated carbocycles. The van der Waals surface area contributed by atoms with Crippen molar-refractivity contribution in [3.8, 4) is 16.9 Å². The van der Waals surface area contributed by atoms with Gasteiger partial charge in [0.1, 0.15) is 12.4 Å². The van der Waals surface area contributed by atoms with Gasteiger partial charge in [-0.2, -0.15) is 0 Å². The lowest BCUT2D eigenvalue weighted by Gasteiger charge is -2.27. The standard InChI is InChI=1S/C24H29NO6/c1-29-22-12-8-20(9-13-22)19-6-10-21(11-7-19)25-24(28)31-15-18-4-2-17(3-5-18)14-30-16-23(26)27/h6-13,17-18H,2-5,14-16H2,1H3,(H,25,28)(H,26,27). The Morgan fingerprint density at radius 1 is 0.903 bits per heavy atom. The Bertz CT molecular complexity index is 841. The number of hydrogen-bond acceptors (Lipinski definition) is 5. The molecule has 166 valence electrons. The zero-order chi connectivity index (χ0) is 22.1. The number of aliphatic carboxylic acids is 1. The molecule has 3 rings (SSSR count). The molecular formula is C24H29NO6. The van der Waals surface area contributed by atoms with Gasteiger partial charge in [0.25, 0.3) is 0 Å². The van der Waals surface area contributed by atoms with Crippen LogP contribution >= 0.6 is 0 Å². The zero-order valence-corrected chi connectivity index (χ0v) is 17.7. The molecule has 2 N–H and O–H groups in total. The third-order valence-corrected chi connectivity index (χ3v) is 5.55. The molecular weight excluding hydrogens is 398 g/mol. The van der Waals surface area contributed by atoms with Gasteiger partial charge in [-0.3, -0.25) is 5.32 Å². The molecule has 2 aromatic carbocycles. The second-order valence-corrected chi connectivity index (χ2v) is 7.82. The van der Waals surface area contributed by atoms with Gasteiger partial charge in [-0.25, -0.2) is 9.59 Å². The largest absolute Gasteiger partial charge is 0.497 e. The predicted octanol–water partition coefficient (Wildman–Crippen LogP) is 4.82. The van der Waals surface area contributed by atoms with E-state index in [1.54, 1.807) is 7.11 Å². The van der Waals surface area contributed by atoms with Crippen LogP contribution in [0.15, 0.2) is 48.5 Å². The highest BCUT2D eigenvalue weighted by atomic mass is 16.5. The first-order valence-electron chi connectivity index (χ1n) is 10.5. The van der Waals surface area contributed by atoms with Crippen molar-refractivity contribution in [1.82, 2.24) is 0 Å². The molecule has 0 bridgehead atoms. The van der Waals surface area contributed by atoms with Crippen molar-refractivity contribution in [2.24, 2.45) is 11.8 Å². The van der Waals surface area contributed by atoms with Crippen LogP contribution in [0.1, 0.15) is 25.7 Å². The SMILES string of the molecule is COc1ccc(-c2ccc(NC(=O)OCC3CCC(COCC(=O)O)CC3)cc2)cc1. The number of nitrogens with one attached hydrogen (secondary N) is 1. The van der Waals surface area contributed by atoms with Crippen molar-refractivity contribution in [3.63, 3.8) is 0 Å². The highest BCUT2D eigenvalue weighted by molar-refractivity contribution is 5.85. The molecule has 0 atom stereocenters. The summed E-state index contributed by atoms with van der Waals surface area (Å²) in [6, 6.07) is 15.4. The van der Waals surface area contributed by atoms with E-state index in [0.717, 1.165) is 42.6 Å². The van der Waals surface area contributed by atoms with Gasteiger partial charge in [-0.05, 0) is 72.9 Å². The Balaban J connectivity index is 1.37. The van der Waals surface area contributed by atoms with Gasteiger partial charge in [0, 0.05) is 5.69 Å². The Kier molecular flexibility index (Phi) is 8.29. The summed E-state index contributed by atoms with van der Waals surface area (Å²) in [5.41, 5.74) is 2.80. The average Bonchev–Trinajstić information content (AvgIpc) is 2.79. The number of amides is 1. The lowest BCUT2D eigenvalue weighted by molar-refractivity contribution is -0.142. The van der Waals surface area contributed by atoms with E-state index >= 15 is 0 Å². The molecule has 1 aliphatic rings. The zero-order valence-electron chi connectivity index (χ0n) is 17.7. The van der Waals surface area contributed by atoms with Crippen molar-refractivity contribution >= 4 is 17.7 Å². The van der Waals surface area contributed by atoms with Crippen LogP contribution in [0, 0.1) is 11.8 Å². The fraction of sp³-hybridized carbons (Fsp3) is 0.417. The fourth-order valence-corrected chi connectivity index (χ4v) is 3.75. The maximum Gasteiger partial charge on any atom is 0.411 e. The third kappa shape index (κ3) is 7.29. The van der Waals surface area contributed by atoms with E-state index in [4.69, 9.17) is 19.3 Å². The molecule has 0 heterocycles. The topological polar surface area (TPSA) is 94.1 Å². The number of carboxylic acids is 1. The second kappa shape index (κ2) is 11.4. The van der Waals surface area contributed by atoms with Crippen molar-refractivity contribution < 1.29 is 28.9 Å². The molecule has 0 radical (unpaired) electrons. The highest BCUT2D eigenvalue weighted by Gasteiger charge is 2.22. The minimum absolute atomic E-state index is 0.246. The van der Waals surface area contributed by atoms with Crippen molar-refractivity contribution in [2.45, 2.75) is 25.7 Å². The first-order chi connectivity index (χ1) is 15.0. The van der Waals surface area contributed by atoms with Gasteiger partial charge >= 0.3 is 12.1 Å². The van der Waals surface area contributed by atoms with Crippen LogP contribution in [-0.2, 0) is 14.3 Å². The Morgan fingerprint density at radius 2 is 1.45 bits per heavy atom. The monoisotopic (exact) mass is 427 g/mol. The minimum Gasteiger partial charge on any atom is -0.497 e. The maximum atomic E-state index is 12.1. The summed E-state index contributed by atoms with van der Waals surface area (Å²) in [7, 11) is 1.64. The van der Waals surface area contributed by atoms with E-state index < -0.39 is 12.1 Å². The first-order valence-corrected chi connectivity index (χ1v) is 10.5. The normalized spacial score (nSPS) is 18.2. The molecule has 0 aromatic heterocycles. The van der Waals surface area contributed by atoms with Gasteiger partial charge in [-0.15, -0.1) is 0 Å². The second-order valence-electron chi connectivity index (χ2n) is 7.82. The van der Waals surface area contributed by atoms with Gasteiger partial charge in [0.05, 0.1) is 20.3 Å². The molecule has 0 spiro atoms. The molecule has 1 aliphatic carbocycles. The molecule has 0 aliphatic heterocycles. The van der Waals surface area contributed by atoms with E-state index in [9.17, 15) is 9.59 Å². The summed E-state index contributed by atoms with van der Waals surface area (Å²) in [5, 5.41) is 11.4. The molecule has 0 unspecified atom stereocenters. The minimum atomic E-state index is -0.941. The van der Waals surface area contributed by atoms with Crippen LogP contribution in [-0.4, -0.2) is 44.1 Å². The van der Waals surface area contributed by atoms with E-state index in [1.165, 1.54) is 0 Å². The number of rotatable bonds is 9. The molecule has 1 fully saturated rings. The summed E-state index contributed by atoms with van der Waals surface area (Å²) in [6.07, 6.45) is 3.36. The van der Waals surface area contributed by atoms with Crippen molar-refractivity contribution in [1.29, 1.82) is 0 Å². The number of carbonyl (C=O) groups is 2. The number of methoxy groups -OCH3 is 1. The molecule has 7 heteroatoms. The van der Waals surface area contributed by atoms with E-state index in [0.29, 0.717) is 30.7 Å². The van der Waals surface area contributed by atoms with Crippen molar-refractivity contribution in [3.05, 3.63) is 48.5 Å². The number of carbonyl (C=O) groups excluding carboxylic acids is 1. The quantitative estimate of drug-likeness (QED) is 0.596.